The Labute approximate surface area is 183 Å². The fraction of sp³-hybridized carbons (Fsp3) is 0.480. The molecule has 0 aliphatic heterocycles. The van der Waals surface area contributed by atoms with E-state index in [9.17, 15) is 9.90 Å². The number of aryl methyl sites for hydroxylation is 1. The predicted molar refractivity (Wildman–Crippen MR) is 123 cm³/mol. The summed E-state index contributed by atoms with van der Waals surface area (Å²) >= 11 is 0. The van der Waals surface area contributed by atoms with E-state index in [-0.39, 0.29) is 5.91 Å². The highest BCUT2D eigenvalue weighted by Gasteiger charge is 2.25. The summed E-state index contributed by atoms with van der Waals surface area (Å²) in [5.41, 5.74) is 2.07. The van der Waals surface area contributed by atoms with Gasteiger partial charge in [-0.05, 0) is 76.6 Å². The molecule has 0 bridgehead atoms. The lowest BCUT2D eigenvalue weighted by molar-refractivity contribution is 0.0793. The van der Waals surface area contributed by atoms with Crippen LogP contribution in [0.25, 0.3) is 10.9 Å². The third-order valence-corrected chi connectivity index (χ3v) is 6.46. The predicted octanol–water partition coefficient (Wildman–Crippen LogP) is 5.36. The van der Waals surface area contributed by atoms with Crippen LogP contribution in [0, 0.1) is 12.8 Å². The molecule has 1 aromatic carbocycles. The Hall–Kier alpha value is -2.73. The first-order valence-corrected chi connectivity index (χ1v) is 11.3. The molecule has 2 N–H and O–H groups in total. The second-order valence-corrected chi connectivity index (χ2v) is 9.33. The molecule has 2 heterocycles. The highest BCUT2D eigenvalue weighted by Crippen LogP contribution is 2.36. The van der Waals surface area contributed by atoms with Crippen LogP contribution >= 0.6 is 0 Å². The molecule has 4 rings (SSSR count). The monoisotopic (exact) mass is 420 g/mol. The molecule has 1 fully saturated rings. The van der Waals surface area contributed by atoms with Crippen molar-refractivity contribution in [3.63, 3.8) is 0 Å². The average Bonchev–Trinajstić information content (AvgIpc) is 3.15. The van der Waals surface area contributed by atoms with Gasteiger partial charge in [0.25, 0.3) is 5.91 Å². The second kappa shape index (κ2) is 8.42. The molecular weight excluding hydrogens is 388 g/mol. The van der Waals surface area contributed by atoms with Crippen molar-refractivity contribution < 1.29 is 9.90 Å². The summed E-state index contributed by atoms with van der Waals surface area (Å²) in [7, 11) is 0. The van der Waals surface area contributed by atoms with Gasteiger partial charge >= 0.3 is 0 Å². The summed E-state index contributed by atoms with van der Waals surface area (Å²) in [5, 5.41) is 19.5. The third kappa shape index (κ3) is 4.64. The molecule has 1 aliphatic carbocycles. The van der Waals surface area contributed by atoms with Crippen LogP contribution in [0.4, 0.5) is 5.69 Å². The molecule has 0 radical (unpaired) electrons. The molecule has 0 spiro atoms. The van der Waals surface area contributed by atoms with E-state index < -0.39 is 5.60 Å². The van der Waals surface area contributed by atoms with Gasteiger partial charge in [-0.15, -0.1) is 0 Å². The first-order chi connectivity index (χ1) is 14.7. The Morgan fingerprint density at radius 2 is 1.97 bits per heavy atom. The van der Waals surface area contributed by atoms with Gasteiger partial charge < -0.3 is 10.4 Å². The van der Waals surface area contributed by atoms with Crippen LogP contribution in [0.15, 0.2) is 36.5 Å². The van der Waals surface area contributed by atoms with Gasteiger partial charge in [0, 0.05) is 28.5 Å². The Bertz CT molecular complexity index is 1090. The van der Waals surface area contributed by atoms with E-state index >= 15 is 0 Å². The van der Waals surface area contributed by atoms with E-state index in [2.05, 4.69) is 28.1 Å². The number of benzene rings is 1. The van der Waals surface area contributed by atoms with Crippen molar-refractivity contribution in [2.75, 3.05) is 5.32 Å². The number of hydrogen-bond donors (Lipinski definition) is 2. The molecule has 2 aromatic heterocycles. The van der Waals surface area contributed by atoms with E-state index in [1.165, 1.54) is 19.3 Å². The highest BCUT2D eigenvalue weighted by molar-refractivity contribution is 6.04. The Balaban J connectivity index is 1.66. The van der Waals surface area contributed by atoms with E-state index in [0.29, 0.717) is 23.0 Å². The van der Waals surface area contributed by atoms with Crippen molar-refractivity contribution in [2.45, 2.75) is 71.4 Å². The molecule has 6 heteroatoms. The van der Waals surface area contributed by atoms with Crippen LogP contribution < -0.4 is 5.32 Å². The zero-order chi connectivity index (χ0) is 22.2. The number of amides is 1. The Morgan fingerprint density at radius 1 is 1.23 bits per heavy atom. The Morgan fingerprint density at radius 3 is 2.61 bits per heavy atom. The molecule has 1 saturated carbocycles. The van der Waals surface area contributed by atoms with Crippen molar-refractivity contribution in [3.05, 3.63) is 53.5 Å². The molecule has 0 saturated heterocycles. The first kappa shape index (κ1) is 21.5. The number of carbonyl (C=O) groups is 1. The number of hydrogen-bond acceptors (Lipinski definition) is 4. The topological polar surface area (TPSA) is 80.0 Å². The lowest BCUT2D eigenvalue weighted by atomic mass is 9.85. The summed E-state index contributed by atoms with van der Waals surface area (Å²) in [6.45, 7) is 7.57. The summed E-state index contributed by atoms with van der Waals surface area (Å²) in [4.78, 5) is 17.1. The van der Waals surface area contributed by atoms with Gasteiger partial charge in [-0.25, -0.2) is 4.98 Å². The molecule has 0 unspecified atom stereocenters. The van der Waals surface area contributed by atoms with E-state index in [0.717, 1.165) is 35.4 Å². The maximum Gasteiger partial charge on any atom is 0.274 e. The van der Waals surface area contributed by atoms with E-state index in [1.54, 1.807) is 19.9 Å². The van der Waals surface area contributed by atoms with Gasteiger partial charge in [-0.1, -0.05) is 19.4 Å². The number of nitrogens with one attached hydrogen (secondary N) is 1. The molecule has 6 nitrogen and oxygen atoms in total. The fourth-order valence-electron chi connectivity index (χ4n) is 4.56. The maximum atomic E-state index is 12.8. The van der Waals surface area contributed by atoms with E-state index in [4.69, 9.17) is 5.10 Å². The van der Waals surface area contributed by atoms with Crippen LogP contribution in [0.3, 0.4) is 0 Å². The zero-order valence-electron chi connectivity index (χ0n) is 18.9. The minimum absolute atomic E-state index is 0.293. The summed E-state index contributed by atoms with van der Waals surface area (Å²) in [6.07, 6.45) is 8.11. The Kier molecular flexibility index (Phi) is 5.84. The van der Waals surface area contributed by atoms with E-state index in [1.807, 2.05) is 31.2 Å². The summed E-state index contributed by atoms with van der Waals surface area (Å²) < 4.78 is 2.08. The van der Waals surface area contributed by atoms with Crippen molar-refractivity contribution in [1.29, 1.82) is 0 Å². The molecule has 0 atom stereocenters. The van der Waals surface area contributed by atoms with Crippen molar-refractivity contribution in [2.24, 2.45) is 5.92 Å². The number of anilines is 1. The minimum atomic E-state index is -1.13. The minimum Gasteiger partial charge on any atom is -0.386 e. The number of fused-ring (bicyclic) bond motifs is 1. The zero-order valence-corrected chi connectivity index (χ0v) is 18.9. The average molecular weight is 421 g/mol. The standard InChI is InChI=1S/C25H32N4O2/c1-5-17-9-11-19(12-10-17)29-15-18-13-23(20(25(3,4)31)14-22(18)28-29)27-24(30)21-8-6-7-16(2)26-21/h6-8,13-15,17,19,31H,5,9-12H2,1-4H3,(H,27,30). The van der Waals surface area contributed by atoms with Crippen LogP contribution in [0.2, 0.25) is 0 Å². The van der Waals surface area contributed by atoms with Gasteiger partial charge in [0.15, 0.2) is 0 Å². The van der Waals surface area contributed by atoms with Gasteiger partial charge in [-0.2, -0.15) is 5.10 Å². The van der Waals surface area contributed by atoms with Crippen LogP contribution in [0.1, 0.15) is 80.7 Å². The normalized spacial score (nSPS) is 19.5. The molecular formula is C25H32N4O2. The first-order valence-electron chi connectivity index (χ1n) is 11.3. The van der Waals surface area contributed by atoms with Gasteiger partial charge in [0.1, 0.15) is 5.69 Å². The molecule has 1 amide bonds. The third-order valence-electron chi connectivity index (χ3n) is 6.46. The lowest BCUT2D eigenvalue weighted by Crippen LogP contribution is -2.21. The van der Waals surface area contributed by atoms with Crippen molar-refractivity contribution in [3.8, 4) is 0 Å². The number of carbonyl (C=O) groups excluding carboxylic acids is 1. The number of pyridine rings is 1. The van der Waals surface area contributed by atoms with Crippen LogP contribution in [-0.4, -0.2) is 25.8 Å². The van der Waals surface area contributed by atoms with Gasteiger partial charge in [0.2, 0.25) is 0 Å². The summed E-state index contributed by atoms with van der Waals surface area (Å²) in [5.74, 6) is 0.541. The van der Waals surface area contributed by atoms with Crippen molar-refractivity contribution >= 4 is 22.5 Å². The maximum absolute atomic E-state index is 12.8. The molecule has 31 heavy (non-hydrogen) atoms. The van der Waals surface area contributed by atoms with Crippen molar-refractivity contribution in [1.82, 2.24) is 14.8 Å². The smallest absolute Gasteiger partial charge is 0.274 e. The quantitative estimate of drug-likeness (QED) is 0.582. The largest absolute Gasteiger partial charge is 0.386 e. The molecule has 164 valence electrons. The van der Waals surface area contributed by atoms with Gasteiger partial charge in [0.05, 0.1) is 17.2 Å². The second-order valence-electron chi connectivity index (χ2n) is 9.33. The van der Waals surface area contributed by atoms with Crippen LogP contribution in [-0.2, 0) is 5.60 Å². The van der Waals surface area contributed by atoms with Gasteiger partial charge in [-0.3, -0.25) is 9.48 Å². The van der Waals surface area contributed by atoms with Crippen LogP contribution in [0.5, 0.6) is 0 Å². The number of nitrogens with zero attached hydrogens (tertiary/aromatic N) is 3. The summed E-state index contributed by atoms with van der Waals surface area (Å²) in [6, 6.07) is 9.58. The lowest BCUT2D eigenvalue weighted by Gasteiger charge is -2.27. The number of rotatable bonds is 5. The number of aromatic nitrogens is 3. The molecule has 3 aromatic rings. The molecule has 1 aliphatic rings. The SMILES string of the molecule is CCC1CCC(n2cc3cc(NC(=O)c4cccc(C)n4)c(C(C)(C)O)cc3n2)CC1. The highest BCUT2D eigenvalue weighted by atomic mass is 16.3. The fourth-order valence-corrected chi connectivity index (χ4v) is 4.56. The number of aliphatic hydroxyl groups is 1.